The van der Waals surface area contributed by atoms with Gasteiger partial charge >= 0.3 is 6.18 Å². The van der Waals surface area contributed by atoms with Gasteiger partial charge in [-0.25, -0.2) is 4.98 Å². The van der Waals surface area contributed by atoms with Crippen molar-refractivity contribution in [3.8, 4) is 22.6 Å². The van der Waals surface area contributed by atoms with Gasteiger partial charge in [0.15, 0.2) is 0 Å². The number of nitrogens with zero attached hydrogens (tertiary/aromatic N) is 1. The highest BCUT2D eigenvalue weighted by Crippen LogP contribution is 2.28. The van der Waals surface area contributed by atoms with Crippen LogP contribution in [0.3, 0.4) is 0 Å². The summed E-state index contributed by atoms with van der Waals surface area (Å²) in [6.45, 7) is 0.609. The number of aromatic nitrogens is 2. The predicted molar refractivity (Wildman–Crippen MR) is 120 cm³/mol. The zero-order valence-corrected chi connectivity index (χ0v) is 18.2. The lowest BCUT2D eigenvalue weighted by atomic mass is 10.0. The van der Waals surface area contributed by atoms with Crippen molar-refractivity contribution in [2.45, 2.75) is 38.0 Å². The van der Waals surface area contributed by atoms with E-state index in [0.29, 0.717) is 47.9 Å². The summed E-state index contributed by atoms with van der Waals surface area (Å²) in [5.41, 5.74) is 3.16. The van der Waals surface area contributed by atoms with Gasteiger partial charge in [0.2, 0.25) is 0 Å². The standard InChI is InChI=1S/C22H23ClF3N3OS/c23-19-7-5-17(11-15(19)4-6-18(30)8-9-28-31)21-27-13-20(29-21)16-3-1-2-14(10-16)12-22(24,25)26/h1-3,5,7,10-11,13,18,28,30-31H,4,6,8-9,12H2,(H,27,29). The first-order valence-corrected chi connectivity index (χ1v) is 10.6. The molecule has 3 aromatic rings. The largest absolute Gasteiger partial charge is 0.393 e. The second-order valence-electron chi connectivity index (χ2n) is 7.33. The first-order chi connectivity index (χ1) is 14.7. The molecule has 9 heteroatoms. The number of aryl methyl sites for hydroxylation is 1. The van der Waals surface area contributed by atoms with Crippen LogP contribution in [0.1, 0.15) is 24.0 Å². The fraction of sp³-hybridized carbons (Fsp3) is 0.318. The summed E-state index contributed by atoms with van der Waals surface area (Å²) in [5.74, 6) is 0.592. The second kappa shape index (κ2) is 10.5. The number of aromatic amines is 1. The van der Waals surface area contributed by atoms with Crippen LogP contribution < -0.4 is 4.72 Å². The second-order valence-corrected chi connectivity index (χ2v) is 8.06. The number of benzene rings is 2. The van der Waals surface area contributed by atoms with Crippen LogP contribution in [0.25, 0.3) is 22.6 Å². The molecule has 0 fully saturated rings. The summed E-state index contributed by atoms with van der Waals surface area (Å²) in [6, 6.07) is 11.8. The Hall–Kier alpha value is -2.00. The van der Waals surface area contributed by atoms with Gasteiger partial charge in [-0.1, -0.05) is 42.6 Å². The molecule has 0 saturated carbocycles. The molecule has 0 aliphatic carbocycles. The van der Waals surface area contributed by atoms with E-state index < -0.39 is 18.7 Å². The molecule has 1 atom stereocenters. The Bertz CT molecular complexity index is 1010. The summed E-state index contributed by atoms with van der Waals surface area (Å²) < 4.78 is 40.8. The van der Waals surface area contributed by atoms with Crippen LogP contribution in [-0.2, 0) is 12.8 Å². The maximum Gasteiger partial charge on any atom is 0.393 e. The smallest absolute Gasteiger partial charge is 0.393 e. The minimum absolute atomic E-state index is 0.196. The van der Waals surface area contributed by atoms with Crippen LogP contribution in [0, 0.1) is 0 Å². The van der Waals surface area contributed by atoms with Gasteiger partial charge in [-0.3, -0.25) is 4.72 Å². The van der Waals surface area contributed by atoms with E-state index in [2.05, 4.69) is 27.5 Å². The van der Waals surface area contributed by atoms with Crippen molar-refractivity contribution in [2.24, 2.45) is 0 Å². The normalized spacial score (nSPS) is 12.8. The van der Waals surface area contributed by atoms with Gasteiger partial charge in [0, 0.05) is 17.1 Å². The fourth-order valence-electron chi connectivity index (χ4n) is 3.31. The van der Waals surface area contributed by atoms with Gasteiger partial charge in [-0.05, 0) is 60.2 Å². The summed E-state index contributed by atoms with van der Waals surface area (Å²) >= 11 is 10.2. The Morgan fingerprint density at radius 1 is 1.13 bits per heavy atom. The Labute approximate surface area is 189 Å². The average Bonchev–Trinajstić information content (AvgIpc) is 3.21. The zero-order valence-electron chi connectivity index (χ0n) is 16.6. The van der Waals surface area contributed by atoms with Crippen molar-refractivity contribution in [1.82, 2.24) is 14.7 Å². The lowest BCUT2D eigenvalue weighted by Gasteiger charge is -2.11. The first kappa shape index (κ1) is 23.7. The molecular weight excluding hydrogens is 447 g/mol. The number of hydrogen-bond donors (Lipinski definition) is 4. The van der Waals surface area contributed by atoms with Crippen LogP contribution in [0.4, 0.5) is 13.2 Å². The average molecular weight is 470 g/mol. The predicted octanol–water partition coefficient (Wildman–Crippen LogP) is 5.62. The summed E-state index contributed by atoms with van der Waals surface area (Å²) in [7, 11) is 0. The maximum absolute atomic E-state index is 12.7. The number of aliphatic hydroxyl groups is 1. The zero-order chi connectivity index (χ0) is 22.4. The minimum Gasteiger partial charge on any atom is -0.393 e. The van der Waals surface area contributed by atoms with E-state index in [1.54, 1.807) is 24.4 Å². The van der Waals surface area contributed by atoms with Crippen molar-refractivity contribution >= 4 is 24.4 Å². The molecule has 2 aromatic carbocycles. The summed E-state index contributed by atoms with van der Waals surface area (Å²) in [4.78, 5) is 7.56. The van der Waals surface area contributed by atoms with Crippen LogP contribution in [0.5, 0.6) is 0 Å². The highest BCUT2D eigenvalue weighted by atomic mass is 35.5. The SMILES string of the molecule is OC(CCNS)CCc1cc(-c2ncc(-c3cccc(CC(F)(F)F)c3)[nH]2)ccc1Cl. The number of aliphatic hydroxyl groups excluding tert-OH is 1. The van der Waals surface area contributed by atoms with Gasteiger partial charge in [-0.15, -0.1) is 0 Å². The number of nitrogens with one attached hydrogen (secondary N) is 2. The quantitative estimate of drug-likeness (QED) is 0.308. The van der Waals surface area contributed by atoms with E-state index in [0.717, 1.165) is 11.1 Å². The van der Waals surface area contributed by atoms with Gasteiger partial charge in [0.25, 0.3) is 0 Å². The number of halogens is 4. The van der Waals surface area contributed by atoms with E-state index in [9.17, 15) is 18.3 Å². The molecule has 0 bridgehead atoms. The molecule has 3 rings (SSSR count). The molecule has 0 amide bonds. The number of H-pyrrole nitrogens is 1. The molecular formula is C22H23ClF3N3OS. The van der Waals surface area contributed by atoms with E-state index in [1.165, 1.54) is 12.1 Å². The van der Waals surface area contributed by atoms with Gasteiger partial charge in [0.1, 0.15) is 5.82 Å². The molecule has 0 radical (unpaired) electrons. The first-order valence-electron chi connectivity index (χ1n) is 9.80. The number of rotatable bonds is 9. The molecule has 4 nitrogen and oxygen atoms in total. The molecule has 166 valence electrons. The van der Waals surface area contributed by atoms with Crippen molar-refractivity contribution in [3.63, 3.8) is 0 Å². The van der Waals surface area contributed by atoms with Gasteiger partial charge in [-0.2, -0.15) is 13.2 Å². The topological polar surface area (TPSA) is 60.9 Å². The monoisotopic (exact) mass is 469 g/mol. The molecule has 0 aliphatic heterocycles. The number of thiol groups is 1. The lowest BCUT2D eigenvalue weighted by molar-refractivity contribution is -0.127. The molecule has 1 unspecified atom stereocenters. The minimum atomic E-state index is -4.26. The number of alkyl halides is 3. The van der Waals surface area contributed by atoms with Crippen molar-refractivity contribution in [1.29, 1.82) is 0 Å². The van der Waals surface area contributed by atoms with E-state index in [1.807, 2.05) is 12.1 Å². The Kier molecular flexibility index (Phi) is 8.05. The van der Waals surface area contributed by atoms with E-state index in [4.69, 9.17) is 11.6 Å². The summed E-state index contributed by atoms with van der Waals surface area (Å²) in [5, 5.41) is 10.6. The Morgan fingerprint density at radius 3 is 2.68 bits per heavy atom. The van der Waals surface area contributed by atoms with Gasteiger partial charge in [0.05, 0.1) is 24.4 Å². The molecule has 3 N–H and O–H groups in total. The molecule has 0 spiro atoms. The van der Waals surface area contributed by atoms with Crippen LogP contribution >= 0.6 is 24.4 Å². The van der Waals surface area contributed by atoms with E-state index in [-0.39, 0.29) is 5.56 Å². The van der Waals surface area contributed by atoms with E-state index >= 15 is 0 Å². The summed E-state index contributed by atoms with van der Waals surface area (Å²) in [6.07, 6.45) is -2.33. The Balaban J connectivity index is 1.76. The third-order valence-electron chi connectivity index (χ3n) is 4.87. The molecule has 0 aliphatic rings. The van der Waals surface area contributed by atoms with Crippen molar-refractivity contribution in [3.05, 3.63) is 64.8 Å². The third-order valence-corrected chi connectivity index (χ3v) is 5.47. The van der Waals surface area contributed by atoms with Crippen molar-refractivity contribution in [2.75, 3.05) is 6.54 Å². The molecule has 0 saturated heterocycles. The van der Waals surface area contributed by atoms with Crippen LogP contribution in [-0.4, -0.2) is 33.9 Å². The number of hydrogen-bond acceptors (Lipinski definition) is 4. The van der Waals surface area contributed by atoms with Crippen LogP contribution in [0.2, 0.25) is 5.02 Å². The third kappa shape index (κ3) is 7.00. The van der Waals surface area contributed by atoms with Gasteiger partial charge < -0.3 is 10.1 Å². The highest BCUT2D eigenvalue weighted by Gasteiger charge is 2.27. The fourth-order valence-corrected chi connectivity index (χ4v) is 3.65. The lowest BCUT2D eigenvalue weighted by Crippen LogP contribution is -2.14. The molecule has 31 heavy (non-hydrogen) atoms. The molecule has 1 aromatic heterocycles. The molecule has 1 heterocycles. The highest BCUT2D eigenvalue weighted by molar-refractivity contribution is 7.78. The number of imidazole rings is 1. The Morgan fingerprint density at radius 2 is 1.94 bits per heavy atom. The van der Waals surface area contributed by atoms with Crippen LogP contribution in [0.15, 0.2) is 48.7 Å². The van der Waals surface area contributed by atoms with Crippen molar-refractivity contribution < 1.29 is 18.3 Å². The maximum atomic E-state index is 12.7.